The molecule has 2 aromatic rings. The van der Waals surface area contributed by atoms with Crippen LogP contribution >= 0.6 is 11.3 Å². The van der Waals surface area contributed by atoms with E-state index in [4.69, 9.17) is 9.47 Å². The maximum absolute atomic E-state index is 13.7. The summed E-state index contributed by atoms with van der Waals surface area (Å²) in [5.74, 6) is -0.515. The lowest BCUT2D eigenvalue weighted by Gasteiger charge is -2.29. The van der Waals surface area contributed by atoms with Crippen LogP contribution in [0.15, 0.2) is 42.5 Å². The summed E-state index contributed by atoms with van der Waals surface area (Å²) in [5, 5.41) is 3.16. The van der Waals surface area contributed by atoms with Crippen LogP contribution < -0.4 is 10.1 Å². The Hall–Kier alpha value is -3.24. The maximum Gasteiger partial charge on any atom is 0.414 e. The second kappa shape index (κ2) is 11.2. The first-order valence-corrected chi connectivity index (χ1v) is 14.0. The molecule has 0 bridgehead atoms. The average molecular weight is 540 g/mol. The minimum absolute atomic E-state index is 0.00967. The molecule has 3 saturated heterocycles. The molecule has 0 aliphatic carbocycles. The molecule has 3 aliphatic rings. The molecule has 9 nitrogen and oxygen atoms in total. The predicted molar refractivity (Wildman–Crippen MR) is 142 cm³/mol. The lowest BCUT2D eigenvalue weighted by Crippen LogP contribution is -2.53. The summed E-state index contributed by atoms with van der Waals surface area (Å²) in [6.45, 7) is 4.83. The van der Waals surface area contributed by atoms with Crippen molar-refractivity contribution < 1.29 is 28.7 Å². The highest BCUT2D eigenvalue weighted by Crippen LogP contribution is 2.34. The van der Waals surface area contributed by atoms with Crippen LogP contribution in [0.2, 0.25) is 0 Å². The van der Waals surface area contributed by atoms with E-state index in [2.05, 4.69) is 5.32 Å². The van der Waals surface area contributed by atoms with Crippen LogP contribution in [0, 0.1) is 5.92 Å². The van der Waals surface area contributed by atoms with E-state index in [1.165, 1.54) is 11.3 Å². The largest absolute Gasteiger partial charge is 0.414 e. The number of nitrogens with one attached hydrogen (secondary N) is 1. The van der Waals surface area contributed by atoms with Crippen LogP contribution in [0.5, 0.6) is 5.06 Å². The summed E-state index contributed by atoms with van der Waals surface area (Å²) in [4.78, 5) is 56.5. The molecule has 3 amide bonds. The highest BCUT2D eigenvalue weighted by atomic mass is 32.1. The van der Waals surface area contributed by atoms with Crippen molar-refractivity contribution in [2.24, 2.45) is 5.92 Å². The summed E-state index contributed by atoms with van der Waals surface area (Å²) in [7, 11) is 0. The molecule has 1 aromatic carbocycles. The molecule has 1 aromatic heterocycles. The number of fused-ring (bicyclic) bond motifs is 1. The number of carbonyl (C=O) groups is 4. The molecule has 1 N–H and O–H groups in total. The molecule has 38 heavy (non-hydrogen) atoms. The van der Waals surface area contributed by atoms with E-state index in [1.54, 1.807) is 15.9 Å². The van der Waals surface area contributed by atoms with Crippen LogP contribution in [0.3, 0.4) is 0 Å². The Bertz CT molecular complexity index is 1190. The second-order valence-corrected chi connectivity index (χ2v) is 11.5. The lowest BCUT2D eigenvalue weighted by molar-refractivity contribution is -0.142. The summed E-state index contributed by atoms with van der Waals surface area (Å²) in [5.41, 5.74) is 1.03. The van der Waals surface area contributed by atoms with E-state index in [-0.39, 0.29) is 36.1 Å². The van der Waals surface area contributed by atoms with E-state index in [9.17, 15) is 19.2 Å². The van der Waals surface area contributed by atoms with Gasteiger partial charge in [-0.15, -0.1) is 0 Å². The number of ether oxygens (including phenoxy) is 2. The first kappa shape index (κ1) is 26.4. The van der Waals surface area contributed by atoms with Gasteiger partial charge in [-0.3, -0.25) is 14.4 Å². The van der Waals surface area contributed by atoms with Gasteiger partial charge in [0.15, 0.2) is 10.8 Å². The molecule has 0 saturated carbocycles. The van der Waals surface area contributed by atoms with E-state index < -0.39 is 24.3 Å². The Morgan fingerprint density at radius 2 is 1.89 bits per heavy atom. The molecule has 202 valence electrons. The van der Waals surface area contributed by atoms with Crippen molar-refractivity contribution in [2.75, 3.05) is 19.7 Å². The van der Waals surface area contributed by atoms with E-state index in [0.717, 1.165) is 16.9 Å². The normalized spacial score (nSPS) is 23.6. The third-order valence-corrected chi connectivity index (χ3v) is 8.34. The maximum atomic E-state index is 13.7. The Morgan fingerprint density at radius 3 is 2.61 bits per heavy atom. The van der Waals surface area contributed by atoms with Crippen LogP contribution in [-0.4, -0.2) is 77.4 Å². The zero-order chi connectivity index (χ0) is 26.8. The minimum atomic E-state index is -0.842. The Kier molecular flexibility index (Phi) is 7.80. The fraction of sp³-hybridized carbons (Fsp3) is 0.500. The summed E-state index contributed by atoms with van der Waals surface area (Å²) in [6.07, 6.45) is 1.19. The van der Waals surface area contributed by atoms with Gasteiger partial charge in [-0.25, -0.2) is 4.79 Å². The van der Waals surface area contributed by atoms with E-state index >= 15 is 0 Å². The molecule has 0 spiro atoms. The SMILES string of the molecule is CC(C)CC(NC(=O)Oc1ccc(-c2ccccc2)s1)C(=O)N1CCC2C1C(=O)CN2C(=O)C1CCCO1. The fourth-order valence-corrected chi connectivity index (χ4v) is 6.46. The number of Topliss-reactive ketones (excluding diaryl/α,β-unsaturated/α-hetero) is 1. The Labute approximate surface area is 226 Å². The number of nitrogens with zero attached hydrogens (tertiary/aromatic N) is 2. The number of hydrogen-bond acceptors (Lipinski definition) is 7. The topological polar surface area (TPSA) is 105 Å². The first-order chi connectivity index (χ1) is 18.3. The average Bonchev–Trinajstić information content (AvgIpc) is 3.69. The Balaban J connectivity index is 1.24. The first-order valence-electron chi connectivity index (χ1n) is 13.2. The smallest absolute Gasteiger partial charge is 0.399 e. The summed E-state index contributed by atoms with van der Waals surface area (Å²) in [6, 6.07) is 11.5. The molecule has 0 radical (unpaired) electrons. The van der Waals surface area contributed by atoms with Crippen molar-refractivity contribution in [3.63, 3.8) is 0 Å². The fourth-order valence-electron chi connectivity index (χ4n) is 5.60. The van der Waals surface area contributed by atoms with Gasteiger partial charge in [0, 0.05) is 18.0 Å². The van der Waals surface area contributed by atoms with Crippen molar-refractivity contribution in [2.45, 2.75) is 63.8 Å². The third-order valence-electron chi connectivity index (χ3n) is 7.32. The number of hydrogen-bond donors (Lipinski definition) is 1. The zero-order valence-corrected chi connectivity index (χ0v) is 22.4. The quantitative estimate of drug-likeness (QED) is 0.578. The van der Waals surface area contributed by atoms with Gasteiger partial charge in [0.05, 0.1) is 12.6 Å². The van der Waals surface area contributed by atoms with Gasteiger partial charge in [0.1, 0.15) is 18.2 Å². The Morgan fingerprint density at radius 1 is 1.11 bits per heavy atom. The molecular weight excluding hydrogens is 506 g/mol. The van der Waals surface area contributed by atoms with Gasteiger partial charge in [-0.05, 0) is 49.3 Å². The predicted octanol–water partition coefficient (Wildman–Crippen LogP) is 3.48. The number of carbonyl (C=O) groups excluding carboxylic acids is 4. The highest BCUT2D eigenvalue weighted by molar-refractivity contribution is 7.17. The van der Waals surface area contributed by atoms with Crippen LogP contribution in [0.25, 0.3) is 10.4 Å². The van der Waals surface area contributed by atoms with Gasteiger partial charge in [0.2, 0.25) is 5.91 Å². The van der Waals surface area contributed by atoms with Gasteiger partial charge in [0.25, 0.3) is 5.91 Å². The molecule has 4 unspecified atom stereocenters. The zero-order valence-electron chi connectivity index (χ0n) is 21.6. The number of ketones is 1. The molecule has 4 heterocycles. The van der Waals surface area contributed by atoms with Gasteiger partial charge in [-0.1, -0.05) is 55.5 Å². The number of thiophene rings is 1. The highest BCUT2D eigenvalue weighted by Gasteiger charge is 2.53. The lowest BCUT2D eigenvalue weighted by atomic mass is 10.0. The van der Waals surface area contributed by atoms with E-state index in [0.29, 0.717) is 37.5 Å². The van der Waals surface area contributed by atoms with Crippen molar-refractivity contribution in [3.05, 3.63) is 42.5 Å². The molecule has 3 fully saturated rings. The van der Waals surface area contributed by atoms with Crippen LogP contribution in [-0.2, 0) is 19.1 Å². The molecular formula is C28H33N3O6S. The van der Waals surface area contributed by atoms with Crippen molar-refractivity contribution in [1.29, 1.82) is 0 Å². The van der Waals surface area contributed by atoms with Crippen molar-refractivity contribution >= 4 is 35.0 Å². The third kappa shape index (κ3) is 5.47. The number of rotatable bonds is 7. The monoisotopic (exact) mass is 539 g/mol. The number of amides is 3. The summed E-state index contributed by atoms with van der Waals surface area (Å²) < 4.78 is 11.1. The van der Waals surface area contributed by atoms with E-state index in [1.807, 2.05) is 50.2 Å². The second-order valence-electron chi connectivity index (χ2n) is 10.5. The molecule has 5 rings (SSSR count). The van der Waals surface area contributed by atoms with Gasteiger partial charge >= 0.3 is 6.09 Å². The van der Waals surface area contributed by atoms with Gasteiger partial charge < -0.3 is 24.6 Å². The van der Waals surface area contributed by atoms with Crippen LogP contribution in [0.4, 0.5) is 4.79 Å². The molecule has 4 atom stereocenters. The summed E-state index contributed by atoms with van der Waals surface area (Å²) >= 11 is 1.34. The number of likely N-dealkylation sites (tertiary alicyclic amines) is 2. The number of benzene rings is 1. The molecule has 3 aliphatic heterocycles. The van der Waals surface area contributed by atoms with Crippen molar-refractivity contribution in [1.82, 2.24) is 15.1 Å². The molecule has 10 heteroatoms. The standard InChI is InChI=1S/C28H33N3O6S/c1-17(2)15-19(29-28(35)37-24-11-10-23(38-24)18-7-4-3-5-8-18)26(33)30-13-12-20-25(30)21(32)16-31(20)27(34)22-9-6-14-36-22/h3-5,7-8,10-11,17,19-20,22,25H,6,9,12-16H2,1-2H3,(H,29,35). The van der Waals surface area contributed by atoms with Gasteiger partial charge in [-0.2, -0.15) is 0 Å². The van der Waals surface area contributed by atoms with Crippen molar-refractivity contribution in [3.8, 4) is 15.5 Å². The van der Waals surface area contributed by atoms with Crippen LogP contribution in [0.1, 0.15) is 39.5 Å². The minimum Gasteiger partial charge on any atom is -0.399 e.